The summed E-state index contributed by atoms with van der Waals surface area (Å²) in [5, 5.41) is 0. The lowest BCUT2D eigenvalue weighted by molar-refractivity contribution is -0.117. The normalized spacial score (nSPS) is 12.2. The molecule has 4 nitrogen and oxygen atoms in total. The summed E-state index contributed by atoms with van der Waals surface area (Å²) in [4.78, 5) is 25.8. The van der Waals surface area contributed by atoms with Gasteiger partial charge in [-0.1, -0.05) is 0 Å². The van der Waals surface area contributed by atoms with Crippen molar-refractivity contribution in [1.82, 2.24) is 4.90 Å². The molecule has 0 unspecified atom stereocenters. The summed E-state index contributed by atoms with van der Waals surface area (Å²) in [6, 6.07) is 0.0977. The topological polar surface area (TPSA) is 49.7 Å². The number of nitrogens with zero attached hydrogens (tertiary/aromatic N) is 2. The van der Waals surface area contributed by atoms with Crippen LogP contribution in [0.5, 0.6) is 0 Å². The van der Waals surface area contributed by atoms with E-state index >= 15 is 0 Å². The summed E-state index contributed by atoms with van der Waals surface area (Å²) in [6.45, 7) is 5.36. The van der Waals surface area contributed by atoms with E-state index in [0.29, 0.717) is 18.4 Å². The second-order valence-electron chi connectivity index (χ2n) is 2.83. The molecular formula is C9H14N2O2. The molecule has 1 amide bonds. The van der Waals surface area contributed by atoms with E-state index in [1.54, 1.807) is 6.92 Å². The summed E-state index contributed by atoms with van der Waals surface area (Å²) in [7, 11) is 0. The van der Waals surface area contributed by atoms with Gasteiger partial charge in [0, 0.05) is 18.4 Å². The van der Waals surface area contributed by atoms with Crippen molar-refractivity contribution in [3.05, 3.63) is 12.4 Å². The summed E-state index contributed by atoms with van der Waals surface area (Å²) in [5.41, 5.74) is 0.380. The van der Waals surface area contributed by atoms with Gasteiger partial charge >= 0.3 is 0 Å². The van der Waals surface area contributed by atoms with E-state index in [0.717, 1.165) is 0 Å². The van der Waals surface area contributed by atoms with Crippen LogP contribution >= 0.6 is 0 Å². The smallest absolute Gasteiger partial charge is 0.213 e. The van der Waals surface area contributed by atoms with Gasteiger partial charge in [0.1, 0.15) is 0 Å². The molecule has 0 atom stereocenters. The fourth-order valence-electron chi connectivity index (χ4n) is 0.587. The highest BCUT2D eigenvalue weighted by molar-refractivity contribution is 6.27. The summed E-state index contributed by atoms with van der Waals surface area (Å²) >= 11 is 0. The molecule has 0 aliphatic rings. The molecule has 0 aromatic heterocycles. The summed E-state index contributed by atoms with van der Waals surface area (Å²) in [5.74, 6) is 0. The molecule has 0 aromatic rings. The Balaban J connectivity index is 4.23. The van der Waals surface area contributed by atoms with Crippen molar-refractivity contribution in [2.24, 2.45) is 4.99 Å². The van der Waals surface area contributed by atoms with Crippen molar-refractivity contribution in [2.75, 3.05) is 0 Å². The Morgan fingerprint density at radius 2 is 2.00 bits per heavy atom. The third-order valence-corrected chi connectivity index (χ3v) is 1.41. The van der Waals surface area contributed by atoms with Gasteiger partial charge in [-0.25, -0.2) is 0 Å². The van der Waals surface area contributed by atoms with Gasteiger partial charge in [-0.3, -0.25) is 14.6 Å². The molecule has 0 fully saturated rings. The summed E-state index contributed by atoms with van der Waals surface area (Å²) < 4.78 is 0. The average molecular weight is 182 g/mol. The van der Waals surface area contributed by atoms with Crippen molar-refractivity contribution < 1.29 is 9.59 Å². The highest BCUT2D eigenvalue weighted by Gasteiger charge is 1.99. The van der Waals surface area contributed by atoms with E-state index in [-0.39, 0.29) is 6.04 Å². The monoisotopic (exact) mass is 182 g/mol. The van der Waals surface area contributed by atoms with E-state index < -0.39 is 0 Å². The van der Waals surface area contributed by atoms with Crippen LogP contribution in [0.25, 0.3) is 0 Å². The van der Waals surface area contributed by atoms with Crippen molar-refractivity contribution >= 4 is 18.4 Å². The van der Waals surface area contributed by atoms with Crippen LogP contribution in [-0.4, -0.2) is 29.3 Å². The van der Waals surface area contributed by atoms with Crippen LogP contribution in [0.3, 0.4) is 0 Å². The van der Waals surface area contributed by atoms with Crippen LogP contribution < -0.4 is 0 Å². The molecule has 0 rings (SSSR count). The first-order chi connectivity index (χ1) is 6.11. The first-order valence-corrected chi connectivity index (χ1v) is 4.00. The fraction of sp³-hybridized carbons (Fsp3) is 0.444. The highest BCUT2D eigenvalue weighted by atomic mass is 16.1. The fourth-order valence-corrected chi connectivity index (χ4v) is 0.587. The second kappa shape index (κ2) is 6.11. The van der Waals surface area contributed by atoms with Gasteiger partial charge in [0.15, 0.2) is 6.29 Å². The number of aliphatic imine (C=N–C) groups is 1. The average Bonchev–Trinajstić information content (AvgIpc) is 2.11. The Morgan fingerprint density at radius 3 is 2.38 bits per heavy atom. The third-order valence-electron chi connectivity index (χ3n) is 1.41. The Morgan fingerprint density at radius 1 is 1.38 bits per heavy atom. The largest absolute Gasteiger partial charge is 0.318 e. The van der Waals surface area contributed by atoms with Crippen LogP contribution in [0.1, 0.15) is 20.8 Å². The standard InChI is InChI=1S/C9H14N2O2/c1-8(2)11(7-13)5-4-10-9(3)6-12/h4-8H,1-3H3/b5-4-,10-9+. The molecule has 0 spiro atoms. The number of hydrogen-bond donors (Lipinski definition) is 0. The molecule has 4 heteroatoms. The number of aldehydes is 1. The zero-order chi connectivity index (χ0) is 10.3. The van der Waals surface area contributed by atoms with Crippen molar-refractivity contribution in [3.8, 4) is 0 Å². The molecule has 0 bridgehead atoms. The zero-order valence-electron chi connectivity index (χ0n) is 8.10. The predicted octanol–water partition coefficient (Wildman–Crippen LogP) is 0.984. The SMILES string of the molecule is C/C(C=O)=N\C=C/N(C=O)C(C)C. The lowest BCUT2D eigenvalue weighted by atomic mass is 10.4. The first-order valence-electron chi connectivity index (χ1n) is 4.00. The van der Waals surface area contributed by atoms with Crippen LogP contribution in [0.2, 0.25) is 0 Å². The Kier molecular flexibility index (Phi) is 5.43. The van der Waals surface area contributed by atoms with Crippen molar-refractivity contribution in [1.29, 1.82) is 0 Å². The zero-order valence-corrected chi connectivity index (χ0v) is 8.10. The number of hydrogen-bond acceptors (Lipinski definition) is 3. The van der Waals surface area contributed by atoms with Gasteiger partial charge in [-0.15, -0.1) is 0 Å². The highest BCUT2D eigenvalue weighted by Crippen LogP contribution is 1.94. The van der Waals surface area contributed by atoms with Crippen molar-refractivity contribution in [3.63, 3.8) is 0 Å². The molecule has 0 heterocycles. The molecule has 0 radical (unpaired) electrons. The van der Waals surface area contributed by atoms with E-state index in [1.807, 2.05) is 13.8 Å². The van der Waals surface area contributed by atoms with Gasteiger partial charge in [0.05, 0.1) is 5.71 Å². The lowest BCUT2D eigenvalue weighted by Crippen LogP contribution is -2.23. The molecular weight excluding hydrogens is 168 g/mol. The van der Waals surface area contributed by atoms with Gasteiger partial charge < -0.3 is 4.90 Å². The number of carbonyl (C=O) groups excluding carboxylic acids is 2. The van der Waals surface area contributed by atoms with Gasteiger partial charge in [0.2, 0.25) is 6.41 Å². The maximum atomic E-state index is 10.4. The number of carbonyl (C=O) groups is 2. The molecule has 0 N–H and O–H groups in total. The van der Waals surface area contributed by atoms with E-state index in [2.05, 4.69) is 4.99 Å². The van der Waals surface area contributed by atoms with Crippen LogP contribution in [0.4, 0.5) is 0 Å². The molecule has 0 saturated heterocycles. The molecule has 13 heavy (non-hydrogen) atoms. The van der Waals surface area contributed by atoms with Crippen LogP contribution in [-0.2, 0) is 9.59 Å². The predicted molar refractivity (Wildman–Crippen MR) is 51.4 cm³/mol. The molecule has 0 aliphatic carbocycles. The van der Waals surface area contributed by atoms with E-state index in [1.165, 1.54) is 17.3 Å². The second-order valence-corrected chi connectivity index (χ2v) is 2.83. The quantitative estimate of drug-likeness (QED) is 0.470. The Bertz CT molecular complexity index is 232. The minimum atomic E-state index is 0.0977. The van der Waals surface area contributed by atoms with Crippen LogP contribution in [0, 0.1) is 0 Å². The van der Waals surface area contributed by atoms with Gasteiger partial charge in [-0.2, -0.15) is 0 Å². The van der Waals surface area contributed by atoms with E-state index in [4.69, 9.17) is 0 Å². The van der Waals surface area contributed by atoms with E-state index in [9.17, 15) is 9.59 Å². The minimum Gasteiger partial charge on any atom is -0.318 e. The van der Waals surface area contributed by atoms with Gasteiger partial charge in [-0.05, 0) is 20.8 Å². The lowest BCUT2D eigenvalue weighted by Gasteiger charge is -2.15. The molecule has 72 valence electrons. The third kappa shape index (κ3) is 4.90. The summed E-state index contributed by atoms with van der Waals surface area (Å²) in [6.07, 6.45) is 4.33. The number of rotatable bonds is 5. The Hall–Kier alpha value is -1.45. The van der Waals surface area contributed by atoms with Gasteiger partial charge in [0.25, 0.3) is 0 Å². The molecule has 0 aromatic carbocycles. The van der Waals surface area contributed by atoms with Crippen molar-refractivity contribution in [2.45, 2.75) is 26.8 Å². The first kappa shape index (κ1) is 11.6. The molecule has 0 saturated carbocycles. The maximum absolute atomic E-state index is 10.4. The molecule has 0 aliphatic heterocycles. The maximum Gasteiger partial charge on any atom is 0.213 e. The minimum absolute atomic E-state index is 0.0977. The van der Waals surface area contributed by atoms with Crippen LogP contribution in [0.15, 0.2) is 17.4 Å². The number of amides is 1. The Labute approximate surface area is 77.9 Å².